The zero-order valence-electron chi connectivity index (χ0n) is 10.6. The fraction of sp³-hybridized carbons (Fsp3) is 0.571. The van der Waals surface area contributed by atoms with Crippen molar-refractivity contribution in [1.29, 1.82) is 0 Å². The maximum atomic E-state index is 13.9. The van der Waals surface area contributed by atoms with E-state index in [1.165, 1.54) is 18.9 Å². The molecule has 1 aliphatic carbocycles. The summed E-state index contributed by atoms with van der Waals surface area (Å²) in [6.45, 7) is 4.98. The van der Waals surface area contributed by atoms with Crippen LogP contribution in [-0.2, 0) is 0 Å². The van der Waals surface area contributed by atoms with Crippen molar-refractivity contribution in [3.05, 3.63) is 29.6 Å². The summed E-state index contributed by atoms with van der Waals surface area (Å²) in [5.41, 5.74) is 7.55. The Bertz CT molecular complexity index is 386. The lowest BCUT2D eigenvalue weighted by Crippen LogP contribution is -2.29. The van der Waals surface area contributed by atoms with Crippen molar-refractivity contribution in [2.45, 2.75) is 45.2 Å². The van der Waals surface area contributed by atoms with E-state index in [0.717, 1.165) is 18.7 Å². The molecule has 1 fully saturated rings. The van der Waals surface area contributed by atoms with Gasteiger partial charge in [0.1, 0.15) is 5.82 Å². The monoisotopic (exact) mass is 236 g/mol. The summed E-state index contributed by atoms with van der Waals surface area (Å²) in [7, 11) is 0. The summed E-state index contributed by atoms with van der Waals surface area (Å²) >= 11 is 0. The third-order valence-corrected chi connectivity index (χ3v) is 3.25. The van der Waals surface area contributed by atoms with E-state index in [1.807, 2.05) is 13.0 Å². The van der Waals surface area contributed by atoms with Crippen LogP contribution < -0.4 is 10.6 Å². The quantitative estimate of drug-likeness (QED) is 0.850. The standard InChI is InChI=1S/C14H21FN2/c1-3-9-17(11-7-8-11)13-6-4-5-12(15)14(13)10(2)16/h4-6,10-11H,3,7-9,16H2,1-2H3. The molecule has 1 unspecified atom stereocenters. The summed E-state index contributed by atoms with van der Waals surface area (Å²) in [6.07, 6.45) is 3.51. The molecule has 2 nitrogen and oxygen atoms in total. The van der Waals surface area contributed by atoms with Crippen molar-refractivity contribution in [3.8, 4) is 0 Å². The molecule has 0 spiro atoms. The van der Waals surface area contributed by atoms with E-state index < -0.39 is 0 Å². The summed E-state index contributed by atoms with van der Waals surface area (Å²) in [5, 5.41) is 0. The van der Waals surface area contributed by atoms with Crippen LogP contribution in [0.1, 0.15) is 44.7 Å². The van der Waals surface area contributed by atoms with Crippen LogP contribution in [0.4, 0.5) is 10.1 Å². The van der Waals surface area contributed by atoms with E-state index in [2.05, 4.69) is 11.8 Å². The predicted molar refractivity (Wildman–Crippen MR) is 69.7 cm³/mol. The summed E-state index contributed by atoms with van der Waals surface area (Å²) in [6, 6.07) is 5.61. The highest BCUT2D eigenvalue weighted by atomic mass is 19.1. The van der Waals surface area contributed by atoms with Gasteiger partial charge in [-0.25, -0.2) is 4.39 Å². The maximum absolute atomic E-state index is 13.9. The van der Waals surface area contributed by atoms with Crippen molar-refractivity contribution in [2.75, 3.05) is 11.4 Å². The van der Waals surface area contributed by atoms with Crippen LogP contribution in [0.2, 0.25) is 0 Å². The maximum Gasteiger partial charge on any atom is 0.130 e. The van der Waals surface area contributed by atoms with Crippen LogP contribution in [0.25, 0.3) is 0 Å². The molecule has 0 aliphatic heterocycles. The predicted octanol–water partition coefficient (Wildman–Crippen LogP) is 3.22. The van der Waals surface area contributed by atoms with Gasteiger partial charge < -0.3 is 10.6 Å². The number of halogens is 1. The summed E-state index contributed by atoms with van der Waals surface area (Å²) in [5.74, 6) is -0.181. The molecule has 0 aromatic heterocycles. The number of anilines is 1. The van der Waals surface area contributed by atoms with E-state index in [1.54, 1.807) is 6.07 Å². The molecule has 0 amide bonds. The lowest BCUT2D eigenvalue weighted by Gasteiger charge is -2.28. The highest BCUT2D eigenvalue weighted by Gasteiger charge is 2.30. The van der Waals surface area contributed by atoms with Gasteiger partial charge in [0.2, 0.25) is 0 Å². The van der Waals surface area contributed by atoms with Crippen molar-refractivity contribution in [2.24, 2.45) is 5.73 Å². The Labute approximate surface area is 103 Å². The molecular formula is C14H21FN2. The molecule has 2 N–H and O–H groups in total. The third kappa shape index (κ3) is 2.60. The second kappa shape index (κ2) is 5.05. The highest BCUT2D eigenvalue weighted by molar-refractivity contribution is 5.57. The number of nitrogens with zero attached hydrogens (tertiary/aromatic N) is 1. The molecule has 0 saturated heterocycles. The van der Waals surface area contributed by atoms with Crippen molar-refractivity contribution >= 4 is 5.69 Å². The van der Waals surface area contributed by atoms with Gasteiger partial charge in [0, 0.05) is 29.9 Å². The SMILES string of the molecule is CCCN(c1cccc(F)c1C(C)N)C1CC1. The van der Waals surface area contributed by atoms with Crippen molar-refractivity contribution in [1.82, 2.24) is 0 Å². The molecule has 1 aromatic rings. The normalized spacial score (nSPS) is 16.9. The van der Waals surface area contributed by atoms with E-state index in [4.69, 9.17) is 5.73 Å². The minimum atomic E-state index is -0.260. The van der Waals surface area contributed by atoms with Crippen molar-refractivity contribution in [3.63, 3.8) is 0 Å². The Balaban J connectivity index is 2.37. The largest absolute Gasteiger partial charge is 0.368 e. The Hall–Kier alpha value is -1.09. The summed E-state index contributed by atoms with van der Waals surface area (Å²) in [4.78, 5) is 2.32. The second-order valence-electron chi connectivity index (χ2n) is 4.89. The first kappa shape index (κ1) is 12.4. The first-order chi connectivity index (χ1) is 8.15. The number of hydrogen-bond donors (Lipinski definition) is 1. The fourth-order valence-corrected chi connectivity index (χ4v) is 2.35. The molecule has 0 bridgehead atoms. The third-order valence-electron chi connectivity index (χ3n) is 3.25. The molecule has 94 valence electrons. The molecule has 2 rings (SSSR count). The van der Waals surface area contributed by atoms with E-state index in [-0.39, 0.29) is 11.9 Å². The Morgan fingerprint density at radius 1 is 1.47 bits per heavy atom. The number of rotatable bonds is 5. The van der Waals surface area contributed by atoms with E-state index in [9.17, 15) is 4.39 Å². The van der Waals surface area contributed by atoms with Gasteiger partial charge in [-0.3, -0.25) is 0 Å². The Kier molecular flexibility index (Phi) is 3.67. The van der Waals surface area contributed by atoms with Gasteiger partial charge in [-0.15, -0.1) is 0 Å². The average molecular weight is 236 g/mol. The number of nitrogens with two attached hydrogens (primary N) is 1. The highest BCUT2D eigenvalue weighted by Crippen LogP contribution is 2.36. The molecule has 1 aliphatic rings. The summed E-state index contributed by atoms with van der Waals surface area (Å²) < 4.78 is 13.9. The van der Waals surface area contributed by atoms with E-state index in [0.29, 0.717) is 11.6 Å². The smallest absolute Gasteiger partial charge is 0.130 e. The lowest BCUT2D eigenvalue weighted by atomic mass is 10.0. The minimum absolute atomic E-state index is 0.181. The van der Waals surface area contributed by atoms with Crippen LogP contribution in [0.3, 0.4) is 0 Å². The Morgan fingerprint density at radius 2 is 2.18 bits per heavy atom. The van der Waals surface area contributed by atoms with Crippen LogP contribution in [0.5, 0.6) is 0 Å². The van der Waals surface area contributed by atoms with Gasteiger partial charge >= 0.3 is 0 Å². The molecule has 0 heterocycles. The molecule has 3 heteroatoms. The van der Waals surface area contributed by atoms with Crippen LogP contribution >= 0.6 is 0 Å². The number of hydrogen-bond acceptors (Lipinski definition) is 2. The molecule has 0 radical (unpaired) electrons. The van der Waals surface area contributed by atoms with Crippen LogP contribution in [-0.4, -0.2) is 12.6 Å². The first-order valence-corrected chi connectivity index (χ1v) is 6.45. The molecular weight excluding hydrogens is 215 g/mol. The lowest BCUT2D eigenvalue weighted by molar-refractivity contribution is 0.590. The molecule has 1 atom stereocenters. The van der Waals surface area contributed by atoms with Gasteiger partial charge in [0.15, 0.2) is 0 Å². The van der Waals surface area contributed by atoms with Gasteiger partial charge in [-0.2, -0.15) is 0 Å². The Morgan fingerprint density at radius 3 is 2.71 bits per heavy atom. The fourth-order valence-electron chi connectivity index (χ4n) is 2.35. The van der Waals surface area contributed by atoms with Gasteiger partial charge in [-0.1, -0.05) is 13.0 Å². The number of benzene rings is 1. The van der Waals surface area contributed by atoms with Gasteiger partial charge in [0.25, 0.3) is 0 Å². The first-order valence-electron chi connectivity index (χ1n) is 6.45. The van der Waals surface area contributed by atoms with Gasteiger partial charge in [0.05, 0.1) is 0 Å². The second-order valence-corrected chi connectivity index (χ2v) is 4.89. The zero-order valence-corrected chi connectivity index (χ0v) is 10.6. The van der Waals surface area contributed by atoms with Crippen LogP contribution in [0, 0.1) is 5.82 Å². The average Bonchev–Trinajstić information content (AvgIpc) is 3.08. The minimum Gasteiger partial charge on any atom is -0.368 e. The topological polar surface area (TPSA) is 29.3 Å². The van der Waals surface area contributed by atoms with Crippen molar-refractivity contribution < 1.29 is 4.39 Å². The van der Waals surface area contributed by atoms with Crippen LogP contribution in [0.15, 0.2) is 18.2 Å². The van der Waals surface area contributed by atoms with E-state index >= 15 is 0 Å². The molecule has 17 heavy (non-hydrogen) atoms. The molecule has 1 aromatic carbocycles. The van der Waals surface area contributed by atoms with Gasteiger partial charge in [-0.05, 0) is 38.3 Å². The molecule has 1 saturated carbocycles. The zero-order chi connectivity index (χ0) is 12.4.